The number of anilines is 1. The largest absolute Gasteiger partial charge is 0.383 e. The predicted octanol–water partition coefficient (Wildman–Crippen LogP) is 3.17. The third-order valence-electron chi connectivity index (χ3n) is 4.34. The summed E-state index contributed by atoms with van der Waals surface area (Å²) in [4.78, 5) is 12.1. The maximum absolute atomic E-state index is 13.6. The Morgan fingerprint density at radius 1 is 1.20 bits per heavy atom. The van der Waals surface area contributed by atoms with Crippen LogP contribution in [0.1, 0.15) is 37.0 Å². The minimum Gasteiger partial charge on any atom is -0.383 e. The Labute approximate surface area is 117 Å². The van der Waals surface area contributed by atoms with Crippen LogP contribution in [0.25, 0.3) is 0 Å². The summed E-state index contributed by atoms with van der Waals surface area (Å²) in [5.74, 6) is -1.00. The van der Waals surface area contributed by atoms with Crippen LogP contribution in [0.5, 0.6) is 0 Å². The van der Waals surface area contributed by atoms with Gasteiger partial charge in [0.25, 0.3) is 5.91 Å². The summed E-state index contributed by atoms with van der Waals surface area (Å²) in [6.45, 7) is 4.24. The molecule has 0 spiro atoms. The van der Waals surface area contributed by atoms with E-state index >= 15 is 0 Å². The molecule has 2 N–H and O–H groups in total. The van der Waals surface area contributed by atoms with Crippen molar-refractivity contribution < 1.29 is 13.6 Å². The summed E-state index contributed by atoms with van der Waals surface area (Å²) in [7, 11) is 1.43. The molecule has 5 heteroatoms. The van der Waals surface area contributed by atoms with Gasteiger partial charge in [0.2, 0.25) is 0 Å². The monoisotopic (exact) mass is 282 g/mol. The van der Waals surface area contributed by atoms with E-state index < -0.39 is 17.5 Å². The van der Waals surface area contributed by atoms with E-state index in [0.717, 1.165) is 25.0 Å². The van der Waals surface area contributed by atoms with E-state index in [0.29, 0.717) is 11.8 Å². The summed E-state index contributed by atoms with van der Waals surface area (Å²) in [5, 5.41) is 5.31. The molecule has 0 aliphatic heterocycles. The van der Waals surface area contributed by atoms with Gasteiger partial charge in [-0.1, -0.05) is 13.8 Å². The zero-order chi connectivity index (χ0) is 14.9. The minimum atomic E-state index is -0.759. The summed E-state index contributed by atoms with van der Waals surface area (Å²) < 4.78 is 27.3. The highest BCUT2D eigenvalue weighted by atomic mass is 19.1. The van der Waals surface area contributed by atoms with E-state index in [1.807, 2.05) is 0 Å². The Morgan fingerprint density at radius 2 is 1.80 bits per heavy atom. The molecule has 1 aliphatic carbocycles. The fourth-order valence-electron chi connectivity index (χ4n) is 2.76. The third-order valence-corrected chi connectivity index (χ3v) is 4.34. The molecule has 20 heavy (non-hydrogen) atoms. The molecule has 0 bridgehead atoms. The number of amides is 1. The number of halogens is 2. The molecule has 0 saturated heterocycles. The molecular weight excluding hydrogens is 262 g/mol. The number of nitrogens with one attached hydrogen (secondary N) is 2. The molecule has 0 aromatic heterocycles. The van der Waals surface area contributed by atoms with Crippen LogP contribution in [0.2, 0.25) is 0 Å². The van der Waals surface area contributed by atoms with Gasteiger partial charge in [0.15, 0.2) is 0 Å². The lowest BCUT2D eigenvalue weighted by atomic mass is 9.97. The molecule has 2 rings (SSSR count). The fraction of sp³-hybridized carbons (Fsp3) is 0.533. The predicted molar refractivity (Wildman–Crippen MR) is 74.7 cm³/mol. The van der Waals surface area contributed by atoms with Crippen LogP contribution in [0.4, 0.5) is 14.5 Å². The second-order valence-electron chi connectivity index (χ2n) is 5.56. The van der Waals surface area contributed by atoms with Gasteiger partial charge in [-0.25, -0.2) is 8.78 Å². The van der Waals surface area contributed by atoms with Crippen LogP contribution in [-0.4, -0.2) is 19.0 Å². The molecule has 0 radical (unpaired) electrons. The van der Waals surface area contributed by atoms with Crippen molar-refractivity contribution in [3.05, 3.63) is 29.3 Å². The van der Waals surface area contributed by atoms with E-state index in [1.165, 1.54) is 7.05 Å². The van der Waals surface area contributed by atoms with Crippen molar-refractivity contribution in [3.8, 4) is 0 Å². The van der Waals surface area contributed by atoms with Gasteiger partial charge in [-0.2, -0.15) is 0 Å². The van der Waals surface area contributed by atoms with Gasteiger partial charge in [-0.3, -0.25) is 4.79 Å². The summed E-state index contributed by atoms with van der Waals surface area (Å²) in [5.41, 5.74) is -0.199. The van der Waals surface area contributed by atoms with E-state index in [-0.39, 0.29) is 17.3 Å². The molecule has 1 amide bonds. The lowest BCUT2D eigenvalue weighted by Gasteiger charge is -2.20. The molecule has 1 saturated carbocycles. The molecule has 1 aliphatic rings. The second-order valence-corrected chi connectivity index (χ2v) is 5.56. The van der Waals surface area contributed by atoms with E-state index in [4.69, 9.17) is 0 Å². The first kappa shape index (κ1) is 14.8. The fourth-order valence-corrected chi connectivity index (χ4v) is 2.76. The first-order chi connectivity index (χ1) is 9.43. The lowest BCUT2D eigenvalue weighted by molar-refractivity contribution is 0.0926. The average Bonchev–Trinajstić information content (AvgIpc) is 2.70. The molecule has 1 fully saturated rings. The van der Waals surface area contributed by atoms with Crippen LogP contribution < -0.4 is 10.6 Å². The van der Waals surface area contributed by atoms with E-state index in [2.05, 4.69) is 24.5 Å². The first-order valence-electron chi connectivity index (χ1n) is 6.91. The minimum absolute atomic E-state index is 0.0192. The van der Waals surface area contributed by atoms with Crippen molar-refractivity contribution in [2.45, 2.75) is 32.7 Å². The number of carbonyl (C=O) groups is 1. The number of rotatable bonds is 3. The standard InChI is InChI=1S/C15H20F2N2O/c1-8-4-5-13(9(8)2)19-15(20)10-6-11(16)14(18-3)12(17)7-10/h6-9,13,18H,4-5H2,1-3H3,(H,19,20). The third kappa shape index (κ3) is 2.76. The maximum atomic E-state index is 13.6. The van der Waals surface area contributed by atoms with Gasteiger partial charge in [0.1, 0.15) is 17.3 Å². The Bertz CT molecular complexity index is 496. The molecule has 3 unspecified atom stereocenters. The van der Waals surface area contributed by atoms with Gasteiger partial charge >= 0.3 is 0 Å². The lowest BCUT2D eigenvalue weighted by Crippen LogP contribution is -2.37. The van der Waals surface area contributed by atoms with Crippen molar-refractivity contribution in [3.63, 3.8) is 0 Å². The Kier molecular flexibility index (Phi) is 4.26. The van der Waals surface area contributed by atoms with Crippen LogP contribution in [-0.2, 0) is 0 Å². The second kappa shape index (κ2) is 5.77. The molecule has 0 heterocycles. The zero-order valence-corrected chi connectivity index (χ0v) is 12.0. The molecule has 1 aromatic rings. The normalized spacial score (nSPS) is 25.6. The van der Waals surface area contributed by atoms with E-state index in [9.17, 15) is 13.6 Å². The molecule has 1 aromatic carbocycles. The molecule has 3 atom stereocenters. The van der Waals surface area contributed by atoms with Gasteiger partial charge in [-0.15, -0.1) is 0 Å². The van der Waals surface area contributed by atoms with Crippen LogP contribution in [0.15, 0.2) is 12.1 Å². The van der Waals surface area contributed by atoms with Gasteiger partial charge in [-0.05, 0) is 36.8 Å². The van der Waals surface area contributed by atoms with E-state index in [1.54, 1.807) is 0 Å². The summed E-state index contributed by atoms with van der Waals surface area (Å²) >= 11 is 0. The van der Waals surface area contributed by atoms with Gasteiger partial charge in [0, 0.05) is 18.7 Å². The average molecular weight is 282 g/mol. The van der Waals surface area contributed by atoms with Crippen LogP contribution in [0, 0.1) is 23.5 Å². The van der Waals surface area contributed by atoms with Gasteiger partial charge in [0.05, 0.1) is 0 Å². The summed E-state index contributed by atoms with van der Waals surface area (Å²) in [6, 6.07) is 2.20. The van der Waals surface area contributed by atoms with Crippen molar-refractivity contribution in [2.75, 3.05) is 12.4 Å². The van der Waals surface area contributed by atoms with Gasteiger partial charge < -0.3 is 10.6 Å². The van der Waals surface area contributed by atoms with Crippen molar-refractivity contribution in [1.29, 1.82) is 0 Å². The topological polar surface area (TPSA) is 41.1 Å². The first-order valence-corrected chi connectivity index (χ1v) is 6.91. The highest BCUT2D eigenvalue weighted by Gasteiger charge is 2.31. The highest BCUT2D eigenvalue weighted by molar-refractivity contribution is 5.94. The molecular formula is C15H20F2N2O. The maximum Gasteiger partial charge on any atom is 0.251 e. The molecule has 110 valence electrons. The smallest absolute Gasteiger partial charge is 0.251 e. The quantitative estimate of drug-likeness (QED) is 0.894. The number of hydrogen-bond acceptors (Lipinski definition) is 2. The summed E-state index contributed by atoms with van der Waals surface area (Å²) in [6.07, 6.45) is 1.97. The number of hydrogen-bond donors (Lipinski definition) is 2. The van der Waals surface area contributed by atoms with Crippen LogP contribution >= 0.6 is 0 Å². The SMILES string of the molecule is CNc1c(F)cc(C(=O)NC2CCC(C)C2C)cc1F. The number of benzene rings is 1. The Hall–Kier alpha value is -1.65. The van der Waals surface area contributed by atoms with Crippen molar-refractivity contribution in [1.82, 2.24) is 5.32 Å². The number of carbonyl (C=O) groups excluding carboxylic acids is 1. The van der Waals surface area contributed by atoms with Crippen molar-refractivity contribution in [2.24, 2.45) is 11.8 Å². The Morgan fingerprint density at radius 3 is 2.25 bits per heavy atom. The Balaban J connectivity index is 2.14. The molecule has 3 nitrogen and oxygen atoms in total. The highest BCUT2D eigenvalue weighted by Crippen LogP contribution is 2.31. The zero-order valence-electron chi connectivity index (χ0n) is 12.0. The van der Waals surface area contributed by atoms with Crippen LogP contribution in [0.3, 0.4) is 0 Å². The van der Waals surface area contributed by atoms with Crippen molar-refractivity contribution >= 4 is 11.6 Å².